The first kappa shape index (κ1) is 15.0. The van der Waals surface area contributed by atoms with Crippen LogP contribution >= 0.6 is 0 Å². The first-order valence-corrected chi connectivity index (χ1v) is 8.32. The van der Waals surface area contributed by atoms with Crippen LogP contribution in [0.1, 0.15) is 22.4 Å². The van der Waals surface area contributed by atoms with E-state index in [2.05, 4.69) is 46.1 Å². The molecule has 3 heterocycles. The fourth-order valence-electron chi connectivity index (χ4n) is 3.14. The fourth-order valence-corrected chi connectivity index (χ4v) is 3.14. The van der Waals surface area contributed by atoms with Gasteiger partial charge in [-0.25, -0.2) is 9.97 Å². The van der Waals surface area contributed by atoms with Crippen LogP contribution in [0, 0.1) is 6.92 Å². The molecule has 3 aromatic rings. The number of aromatic nitrogens is 3. The molecule has 0 atom stereocenters. The zero-order valence-electron chi connectivity index (χ0n) is 13.8. The van der Waals surface area contributed by atoms with Crippen LogP contribution < -0.4 is 0 Å². The minimum Gasteiger partial charge on any atom is -0.293 e. The van der Waals surface area contributed by atoms with Gasteiger partial charge in [0.25, 0.3) is 0 Å². The van der Waals surface area contributed by atoms with Crippen molar-refractivity contribution in [3.8, 4) is 11.5 Å². The maximum Gasteiger partial charge on any atom is 0.178 e. The lowest BCUT2D eigenvalue weighted by Gasteiger charge is -2.28. The van der Waals surface area contributed by atoms with Gasteiger partial charge >= 0.3 is 0 Å². The quantitative estimate of drug-likeness (QED) is 0.742. The third-order valence-corrected chi connectivity index (χ3v) is 4.57. The molecule has 0 radical (unpaired) electrons. The van der Waals surface area contributed by atoms with Crippen molar-refractivity contribution in [1.29, 1.82) is 0 Å². The molecule has 1 aliphatic rings. The number of hydrogen-bond donors (Lipinski definition) is 0. The van der Waals surface area contributed by atoms with Crippen molar-refractivity contribution in [2.24, 2.45) is 0 Å². The molecule has 4 rings (SSSR count). The first-order valence-electron chi connectivity index (χ1n) is 8.32. The van der Waals surface area contributed by atoms with Crippen molar-refractivity contribution < 1.29 is 0 Å². The number of pyridine rings is 1. The molecule has 0 spiro atoms. The Hall–Kier alpha value is -2.59. The standard InChI is InChI=1S/C20H20N4/c1-15-6-2-3-7-17(15)13-24-11-9-16-12-22-20(23-19(16)14-24)18-8-4-5-10-21-18/h2-8,10,12H,9,11,13-14H2,1H3. The minimum absolute atomic E-state index is 0.715. The molecule has 0 unspecified atom stereocenters. The molecule has 0 saturated carbocycles. The zero-order valence-corrected chi connectivity index (χ0v) is 13.8. The van der Waals surface area contributed by atoms with E-state index in [-0.39, 0.29) is 0 Å². The molecule has 0 N–H and O–H groups in total. The van der Waals surface area contributed by atoms with Crippen LogP contribution in [-0.4, -0.2) is 26.4 Å². The predicted molar refractivity (Wildman–Crippen MR) is 94.3 cm³/mol. The molecule has 24 heavy (non-hydrogen) atoms. The van der Waals surface area contributed by atoms with Gasteiger partial charge in [-0.15, -0.1) is 0 Å². The second kappa shape index (κ2) is 6.49. The van der Waals surface area contributed by atoms with Gasteiger partial charge < -0.3 is 0 Å². The van der Waals surface area contributed by atoms with Gasteiger partial charge in [-0.1, -0.05) is 30.3 Å². The Morgan fingerprint density at radius 1 is 1.04 bits per heavy atom. The Bertz CT molecular complexity index is 845. The van der Waals surface area contributed by atoms with Gasteiger partial charge in [0.2, 0.25) is 0 Å². The van der Waals surface area contributed by atoms with Gasteiger partial charge in [0.05, 0.1) is 5.69 Å². The fraction of sp³-hybridized carbons (Fsp3) is 0.250. The summed E-state index contributed by atoms with van der Waals surface area (Å²) in [4.78, 5) is 16.1. The van der Waals surface area contributed by atoms with Crippen LogP contribution in [0.4, 0.5) is 0 Å². The van der Waals surface area contributed by atoms with Crippen molar-refractivity contribution >= 4 is 0 Å². The van der Waals surface area contributed by atoms with E-state index < -0.39 is 0 Å². The molecule has 0 amide bonds. The van der Waals surface area contributed by atoms with Crippen LogP contribution in [0.3, 0.4) is 0 Å². The van der Waals surface area contributed by atoms with Gasteiger partial charge in [0, 0.05) is 32.0 Å². The lowest BCUT2D eigenvalue weighted by atomic mass is 10.0. The Labute approximate surface area is 142 Å². The topological polar surface area (TPSA) is 41.9 Å². The van der Waals surface area contributed by atoms with Crippen LogP contribution in [0.15, 0.2) is 54.9 Å². The van der Waals surface area contributed by atoms with Crippen LogP contribution in [0.25, 0.3) is 11.5 Å². The van der Waals surface area contributed by atoms with Crippen LogP contribution in [0.2, 0.25) is 0 Å². The summed E-state index contributed by atoms with van der Waals surface area (Å²) < 4.78 is 0. The number of fused-ring (bicyclic) bond motifs is 1. The Morgan fingerprint density at radius 2 is 1.92 bits per heavy atom. The maximum absolute atomic E-state index is 4.78. The lowest BCUT2D eigenvalue weighted by Crippen LogP contribution is -2.31. The van der Waals surface area contributed by atoms with Crippen molar-refractivity contribution in [2.45, 2.75) is 26.4 Å². The molecule has 0 aliphatic carbocycles. The number of rotatable bonds is 3. The molecule has 4 nitrogen and oxygen atoms in total. The molecule has 4 heteroatoms. The summed E-state index contributed by atoms with van der Waals surface area (Å²) in [5.74, 6) is 0.715. The largest absolute Gasteiger partial charge is 0.293 e. The molecule has 0 saturated heterocycles. The van der Waals surface area contributed by atoms with E-state index in [1.807, 2.05) is 24.4 Å². The SMILES string of the molecule is Cc1ccccc1CN1CCc2cnc(-c3ccccn3)nc2C1. The highest BCUT2D eigenvalue weighted by Crippen LogP contribution is 2.21. The number of hydrogen-bond acceptors (Lipinski definition) is 4. The Morgan fingerprint density at radius 3 is 2.75 bits per heavy atom. The Balaban J connectivity index is 1.57. The van der Waals surface area contributed by atoms with E-state index in [1.54, 1.807) is 6.20 Å². The summed E-state index contributed by atoms with van der Waals surface area (Å²) in [6, 6.07) is 14.4. The van der Waals surface area contributed by atoms with E-state index in [0.717, 1.165) is 37.4 Å². The van der Waals surface area contributed by atoms with E-state index in [1.165, 1.54) is 16.7 Å². The molecule has 2 aromatic heterocycles. The summed E-state index contributed by atoms with van der Waals surface area (Å²) in [7, 11) is 0. The maximum atomic E-state index is 4.78. The third kappa shape index (κ3) is 3.05. The van der Waals surface area contributed by atoms with Crippen molar-refractivity contribution in [1.82, 2.24) is 19.9 Å². The average Bonchev–Trinajstić information content (AvgIpc) is 2.64. The number of nitrogens with zero attached hydrogens (tertiary/aromatic N) is 4. The number of benzene rings is 1. The van der Waals surface area contributed by atoms with E-state index >= 15 is 0 Å². The summed E-state index contributed by atoms with van der Waals surface area (Å²) in [6.07, 6.45) is 4.75. The highest BCUT2D eigenvalue weighted by Gasteiger charge is 2.19. The van der Waals surface area contributed by atoms with Crippen molar-refractivity contribution in [3.05, 3.63) is 77.2 Å². The highest BCUT2D eigenvalue weighted by atomic mass is 15.1. The zero-order chi connectivity index (χ0) is 16.4. The smallest absolute Gasteiger partial charge is 0.178 e. The molecular formula is C20H20N4. The second-order valence-electron chi connectivity index (χ2n) is 6.27. The van der Waals surface area contributed by atoms with Crippen LogP contribution in [0.5, 0.6) is 0 Å². The molecule has 0 bridgehead atoms. The van der Waals surface area contributed by atoms with Gasteiger partial charge in [-0.3, -0.25) is 9.88 Å². The third-order valence-electron chi connectivity index (χ3n) is 4.57. The van der Waals surface area contributed by atoms with Gasteiger partial charge in [0.15, 0.2) is 5.82 Å². The number of aryl methyl sites for hydroxylation is 1. The summed E-state index contributed by atoms with van der Waals surface area (Å²) in [5, 5.41) is 0. The average molecular weight is 316 g/mol. The summed E-state index contributed by atoms with van der Waals surface area (Å²) in [5.41, 5.74) is 5.96. The predicted octanol–water partition coefficient (Wildman–Crippen LogP) is 3.41. The first-order chi connectivity index (χ1) is 11.8. The van der Waals surface area contributed by atoms with Crippen molar-refractivity contribution in [2.75, 3.05) is 6.54 Å². The second-order valence-corrected chi connectivity index (χ2v) is 6.27. The lowest BCUT2D eigenvalue weighted by molar-refractivity contribution is 0.241. The summed E-state index contributed by atoms with van der Waals surface area (Å²) in [6.45, 7) is 5.06. The minimum atomic E-state index is 0.715. The van der Waals surface area contributed by atoms with Gasteiger partial charge in [0.1, 0.15) is 5.69 Å². The molecule has 120 valence electrons. The van der Waals surface area contributed by atoms with E-state index in [0.29, 0.717) is 5.82 Å². The molecule has 0 fully saturated rings. The highest BCUT2D eigenvalue weighted by molar-refractivity contribution is 5.49. The van der Waals surface area contributed by atoms with Crippen molar-refractivity contribution in [3.63, 3.8) is 0 Å². The van der Waals surface area contributed by atoms with E-state index in [9.17, 15) is 0 Å². The molecule has 1 aromatic carbocycles. The molecule has 1 aliphatic heterocycles. The normalized spacial score (nSPS) is 14.4. The summed E-state index contributed by atoms with van der Waals surface area (Å²) >= 11 is 0. The monoisotopic (exact) mass is 316 g/mol. The van der Waals surface area contributed by atoms with Gasteiger partial charge in [-0.2, -0.15) is 0 Å². The Kier molecular flexibility index (Phi) is 4.05. The molecular weight excluding hydrogens is 296 g/mol. The van der Waals surface area contributed by atoms with E-state index in [4.69, 9.17) is 4.98 Å². The van der Waals surface area contributed by atoms with Crippen LogP contribution in [-0.2, 0) is 19.5 Å². The van der Waals surface area contributed by atoms with Gasteiger partial charge in [-0.05, 0) is 42.2 Å².